The molecule has 2 N–H and O–H groups in total. The molecule has 1 amide bonds. The Balaban J connectivity index is 1.45. The summed E-state index contributed by atoms with van der Waals surface area (Å²) in [6.07, 6.45) is 1.98. The standard InChI is InChI=1S/C23H21F3N2O2/c24-15-3-1-14(2-4-15)20-17(18-8-16(25)9-19(26)21(18)27-20)7-13-10-28(11-13)22(30)23(12-29)5-6-23/h1-4,8-9,13,27,29H,5-7,10-12H2. The van der Waals surface area contributed by atoms with Crippen LogP contribution in [0.3, 0.4) is 0 Å². The largest absolute Gasteiger partial charge is 0.395 e. The number of halogens is 3. The lowest BCUT2D eigenvalue weighted by molar-refractivity contribution is -0.145. The fourth-order valence-corrected chi connectivity index (χ4v) is 4.43. The van der Waals surface area contributed by atoms with Gasteiger partial charge in [0.05, 0.1) is 17.5 Å². The van der Waals surface area contributed by atoms with Gasteiger partial charge in [-0.25, -0.2) is 13.2 Å². The number of H-pyrrole nitrogens is 1. The van der Waals surface area contributed by atoms with Gasteiger partial charge in [-0.05, 0) is 66.6 Å². The molecule has 0 unspecified atom stereocenters. The van der Waals surface area contributed by atoms with Crippen molar-refractivity contribution in [3.63, 3.8) is 0 Å². The minimum Gasteiger partial charge on any atom is -0.395 e. The molecule has 4 nitrogen and oxygen atoms in total. The molecule has 1 saturated carbocycles. The van der Waals surface area contributed by atoms with Gasteiger partial charge in [-0.2, -0.15) is 0 Å². The minimum absolute atomic E-state index is 0.00368. The molecule has 2 aliphatic rings. The number of hydrogen-bond donors (Lipinski definition) is 2. The number of aromatic nitrogens is 1. The van der Waals surface area contributed by atoms with E-state index in [9.17, 15) is 23.1 Å². The summed E-state index contributed by atoms with van der Waals surface area (Å²) in [4.78, 5) is 17.3. The number of fused-ring (bicyclic) bond motifs is 1. The van der Waals surface area contributed by atoms with Crippen LogP contribution in [0.5, 0.6) is 0 Å². The van der Waals surface area contributed by atoms with Crippen LogP contribution in [0, 0.1) is 28.8 Å². The van der Waals surface area contributed by atoms with Gasteiger partial charge in [-0.1, -0.05) is 0 Å². The lowest BCUT2D eigenvalue weighted by Crippen LogP contribution is -2.53. The van der Waals surface area contributed by atoms with Crippen LogP contribution in [-0.2, 0) is 11.2 Å². The highest BCUT2D eigenvalue weighted by Crippen LogP contribution is 2.48. The summed E-state index contributed by atoms with van der Waals surface area (Å²) in [5.41, 5.74) is 1.71. The molecule has 5 rings (SSSR count). The predicted molar refractivity (Wildman–Crippen MR) is 106 cm³/mol. The molecule has 0 bridgehead atoms. The maximum Gasteiger partial charge on any atom is 0.231 e. The van der Waals surface area contributed by atoms with E-state index in [1.165, 1.54) is 18.2 Å². The number of benzene rings is 2. The van der Waals surface area contributed by atoms with Gasteiger partial charge in [0.15, 0.2) is 0 Å². The zero-order valence-electron chi connectivity index (χ0n) is 16.2. The quantitative estimate of drug-likeness (QED) is 0.663. The normalized spacial score (nSPS) is 17.9. The van der Waals surface area contributed by atoms with E-state index in [1.807, 2.05) is 0 Å². The molecule has 1 aromatic heterocycles. The lowest BCUT2D eigenvalue weighted by atomic mass is 9.88. The van der Waals surface area contributed by atoms with E-state index in [1.54, 1.807) is 17.0 Å². The van der Waals surface area contributed by atoms with E-state index in [2.05, 4.69) is 4.98 Å². The molecule has 156 valence electrons. The van der Waals surface area contributed by atoms with Crippen molar-refractivity contribution in [2.24, 2.45) is 11.3 Å². The first kappa shape index (κ1) is 19.2. The van der Waals surface area contributed by atoms with Crippen LogP contribution >= 0.6 is 0 Å². The van der Waals surface area contributed by atoms with Crippen molar-refractivity contribution < 1.29 is 23.1 Å². The summed E-state index contributed by atoms with van der Waals surface area (Å²) in [5.74, 6) is -1.57. The second-order valence-electron chi connectivity index (χ2n) is 8.51. The molecule has 1 aliphatic carbocycles. The number of nitrogens with one attached hydrogen (secondary N) is 1. The van der Waals surface area contributed by atoms with E-state index in [4.69, 9.17) is 0 Å². The van der Waals surface area contributed by atoms with Gasteiger partial charge in [0.1, 0.15) is 17.5 Å². The molecule has 1 aliphatic heterocycles. The Hall–Kier alpha value is -2.80. The van der Waals surface area contributed by atoms with Crippen molar-refractivity contribution in [3.8, 4) is 11.3 Å². The molecule has 2 aromatic carbocycles. The zero-order chi connectivity index (χ0) is 21.0. The average molecular weight is 414 g/mol. The minimum atomic E-state index is -0.677. The fourth-order valence-electron chi connectivity index (χ4n) is 4.43. The smallest absolute Gasteiger partial charge is 0.231 e. The van der Waals surface area contributed by atoms with Crippen LogP contribution in [0.2, 0.25) is 0 Å². The van der Waals surface area contributed by atoms with Gasteiger partial charge in [0.2, 0.25) is 5.91 Å². The Bertz CT molecular complexity index is 1130. The first-order valence-electron chi connectivity index (χ1n) is 10.1. The Morgan fingerprint density at radius 2 is 1.80 bits per heavy atom. The number of likely N-dealkylation sites (tertiary alicyclic amines) is 1. The van der Waals surface area contributed by atoms with Crippen molar-refractivity contribution in [2.75, 3.05) is 19.7 Å². The molecular weight excluding hydrogens is 393 g/mol. The van der Waals surface area contributed by atoms with Crippen LogP contribution in [-0.4, -0.2) is 40.6 Å². The van der Waals surface area contributed by atoms with E-state index in [0.29, 0.717) is 36.2 Å². The SMILES string of the molecule is O=C(N1CC(Cc2c(-c3ccc(F)cc3)[nH]c3c(F)cc(F)cc23)C1)C1(CO)CC1. The Kier molecular flexibility index (Phi) is 4.39. The van der Waals surface area contributed by atoms with Crippen LogP contribution in [0.4, 0.5) is 13.2 Å². The van der Waals surface area contributed by atoms with E-state index < -0.39 is 17.0 Å². The number of hydrogen-bond acceptors (Lipinski definition) is 2. The summed E-state index contributed by atoms with van der Waals surface area (Å²) in [5, 5.41) is 9.94. The second-order valence-corrected chi connectivity index (χ2v) is 8.51. The summed E-state index contributed by atoms with van der Waals surface area (Å²) in [6.45, 7) is 0.977. The highest BCUT2D eigenvalue weighted by atomic mass is 19.1. The molecule has 7 heteroatoms. The molecule has 30 heavy (non-hydrogen) atoms. The lowest BCUT2D eigenvalue weighted by Gasteiger charge is -2.41. The van der Waals surface area contributed by atoms with Gasteiger partial charge >= 0.3 is 0 Å². The molecule has 2 heterocycles. The highest BCUT2D eigenvalue weighted by Gasteiger charge is 2.53. The summed E-state index contributed by atoms with van der Waals surface area (Å²) < 4.78 is 41.7. The predicted octanol–water partition coefficient (Wildman–Crippen LogP) is 4.03. The first-order chi connectivity index (χ1) is 14.4. The van der Waals surface area contributed by atoms with Gasteiger partial charge < -0.3 is 15.0 Å². The third-order valence-corrected chi connectivity index (χ3v) is 6.41. The third kappa shape index (κ3) is 3.08. The monoisotopic (exact) mass is 414 g/mol. The number of aromatic amines is 1. The van der Waals surface area contributed by atoms with E-state index in [0.717, 1.165) is 24.5 Å². The Morgan fingerprint density at radius 1 is 1.10 bits per heavy atom. The third-order valence-electron chi connectivity index (χ3n) is 6.41. The van der Waals surface area contributed by atoms with Crippen LogP contribution in [0.25, 0.3) is 22.2 Å². The summed E-state index contributed by atoms with van der Waals surface area (Å²) >= 11 is 0. The van der Waals surface area contributed by atoms with Crippen molar-refractivity contribution in [3.05, 3.63) is 59.4 Å². The number of aliphatic hydroxyl groups is 1. The molecule has 3 aromatic rings. The van der Waals surface area contributed by atoms with Crippen molar-refractivity contribution >= 4 is 16.8 Å². The number of rotatable bonds is 5. The number of carbonyl (C=O) groups is 1. The molecule has 0 spiro atoms. The highest BCUT2D eigenvalue weighted by molar-refractivity contribution is 5.91. The van der Waals surface area contributed by atoms with E-state index >= 15 is 0 Å². The molecular formula is C23H21F3N2O2. The average Bonchev–Trinajstić information content (AvgIpc) is 3.41. The first-order valence-corrected chi connectivity index (χ1v) is 10.1. The maximum absolute atomic E-state index is 14.4. The van der Waals surface area contributed by atoms with Crippen molar-refractivity contribution in [1.29, 1.82) is 0 Å². The molecule has 0 atom stereocenters. The summed E-state index contributed by atoms with van der Waals surface area (Å²) in [6, 6.07) is 8.01. The fraction of sp³-hybridized carbons (Fsp3) is 0.348. The van der Waals surface area contributed by atoms with Crippen molar-refractivity contribution in [1.82, 2.24) is 9.88 Å². The van der Waals surface area contributed by atoms with Gasteiger partial charge in [0, 0.05) is 30.2 Å². The van der Waals surface area contributed by atoms with Gasteiger partial charge in [-0.15, -0.1) is 0 Å². The molecule has 0 radical (unpaired) electrons. The summed E-state index contributed by atoms with van der Waals surface area (Å²) in [7, 11) is 0. The number of carbonyl (C=O) groups excluding carboxylic acids is 1. The topological polar surface area (TPSA) is 56.3 Å². The molecule has 2 fully saturated rings. The number of amides is 1. The number of aliphatic hydroxyl groups excluding tert-OH is 1. The molecule has 1 saturated heterocycles. The van der Waals surface area contributed by atoms with Crippen LogP contribution < -0.4 is 0 Å². The van der Waals surface area contributed by atoms with Crippen LogP contribution in [0.15, 0.2) is 36.4 Å². The Labute approximate surface area is 171 Å². The van der Waals surface area contributed by atoms with Gasteiger partial charge in [-0.3, -0.25) is 4.79 Å². The van der Waals surface area contributed by atoms with Crippen molar-refractivity contribution in [2.45, 2.75) is 19.3 Å². The zero-order valence-corrected chi connectivity index (χ0v) is 16.2. The van der Waals surface area contributed by atoms with E-state index in [-0.39, 0.29) is 29.8 Å². The van der Waals surface area contributed by atoms with Crippen LogP contribution in [0.1, 0.15) is 18.4 Å². The maximum atomic E-state index is 14.4. The Morgan fingerprint density at radius 3 is 2.43 bits per heavy atom. The number of nitrogens with zero attached hydrogens (tertiary/aromatic N) is 1. The second kappa shape index (κ2) is 6.87. The van der Waals surface area contributed by atoms with Gasteiger partial charge in [0.25, 0.3) is 0 Å².